The molecule has 0 fully saturated rings. The Bertz CT molecular complexity index is 409. The molecule has 0 saturated carbocycles. The summed E-state index contributed by atoms with van der Waals surface area (Å²) in [5.41, 5.74) is 0.760. The molecule has 0 atom stereocenters. The number of nitrogens with zero attached hydrogens (tertiary/aromatic N) is 4. The van der Waals surface area contributed by atoms with Crippen molar-refractivity contribution in [2.75, 3.05) is 13.1 Å². The maximum atomic E-state index is 4.13. The van der Waals surface area contributed by atoms with Crippen LogP contribution in [0, 0.1) is 0 Å². The van der Waals surface area contributed by atoms with E-state index >= 15 is 0 Å². The van der Waals surface area contributed by atoms with Gasteiger partial charge in [-0.05, 0) is 19.5 Å². The van der Waals surface area contributed by atoms with Crippen LogP contribution in [0.15, 0.2) is 6.20 Å². The lowest BCUT2D eigenvalue weighted by atomic mass is 10.3. The van der Waals surface area contributed by atoms with E-state index in [1.807, 2.05) is 0 Å². The van der Waals surface area contributed by atoms with Gasteiger partial charge in [-0.3, -0.25) is 0 Å². The first-order chi connectivity index (χ1) is 7.90. The molecule has 0 aliphatic rings. The van der Waals surface area contributed by atoms with Crippen LogP contribution in [-0.2, 0) is 6.42 Å². The monoisotopic (exact) mass is 238 g/mol. The SMILES string of the molecule is CCNCCCc1nnc(-c2cn[nH]n2)s1. The predicted octanol–water partition coefficient (Wildman–Crippen LogP) is 0.865. The molecule has 7 heteroatoms. The van der Waals surface area contributed by atoms with Gasteiger partial charge in [0.1, 0.15) is 10.7 Å². The number of aryl methyl sites for hydroxylation is 1. The van der Waals surface area contributed by atoms with Crippen LogP contribution in [0.3, 0.4) is 0 Å². The molecule has 0 bridgehead atoms. The van der Waals surface area contributed by atoms with Crippen LogP contribution in [-0.4, -0.2) is 38.7 Å². The highest BCUT2D eigenvalue weighted by molar-refractivity contribution is 7.14. The minimum atomic E-state index is 0.760. The number of nitrogens with one attached hydrogen (secondary N) is 2. The molecule has 0 saturated heterocycles. The van der Waals surface area contributed by atoms with E-state index in [0.717, 1.165) is 41.6 Å². The van der Waals surface area contributed by atoms with E-state index in [0.29, 0.717) is 0 Å². The maximum absolute atomic E-state index is 4.13. The van der Waals surface area contributed by atoms with Crippen molar-refractivity contribution in [1.29, 1.82) is 0 Å². The van der Waals surface area contributed by atoms with E-state index in [1.54, 1.807) is 17.5 Å². The Kier molecular flexibility index (Phi) is 3.95. The fourth-order valence-corrected chi connectivity index (χ4v) is 2.14. The Balaban J connectivity index is 1.88. The van der Waals surface area contributed by atoms with Gasteiger partial charge in [0.05, 0.1) is 6.20 Å². The Morgan fingerprint density at radius 3 is 3.12 bits per heavy atom. The average Bonchev–Trinajstić information content (AvgIpc) is 2.94. The van der Waals surface area contributed by atoms with Crippen molar-refractivity contribution in [2.45, 2.75) is 19.8 Å². The van der Waals surface area contributed by atoms with Crippen molar-refractivity contribution in [1.82, 2.24) is 30.9 Å². The van der Waals surface area contributed by atoms with Crippen molar-refractivity contribution in [3.8, 4) is 10.7 Å². The molecular weight excluding hydrogens is 224 g/mol. The summed E-state index contributed by atoms with van der Waals surface area (Å²) in [6.07, 6.45) is 3.70. The average molecular weight is 238 g/mol. The summed E-state index contributed by atoms with van der Waals surface area (Å²) in [6, 6.07) is 0. The summed E-state index contributed by atoms with van der Waals surface area (Å²) < 4.78 is 0. The Morgan fingerprint density at radius 1 is 1.44 bits per heavy atom. The van der Waals surface area contributed by atoms with E-state index < -0.39 is 0 Å². The summed E-state index contributed by atoms with van der Waals surface area (Å²) >= 11 is 1.58. The number of hydrogen-bond acceptors (Lipinski definition) is 6. The molecule has 16 heavy (non-hydrogen) atoms. The van der Waals surface area contributed by atoms with Crippen LogP contribution >= 0.6 is 11.3 Å². The van der Waals surface area contributed by atoms with Crippen molar-refractivity contribution < 1.29 is 0 Å². The van der Waals surface area contributed by atoms with E-state index in [2.05, 4.69) is 37.8 Å². The van der Waals surface area contributed by atoms with Crippen molar-refractivity contribution in [3.63, 3.8) is 0 Å². The topological polar surface area (TPSA) is 79.4 Å². The standard InChI is InChI=1S/C9H14N6S/c1-2-10-5-3-4-8-13-14-9(16-8)7-6-11-15-12-7/h6,10H,2-5H2,1H3,(H,11,12,15). The lowest BCUT2D eigenvalue weighted by Crippen LogP contribution is -2.14. The van der Waals surface area contributed by atoms with Crippen LogP contribution in [0.5, 0.6) is 0 Å². The molecule has 86 valence electrons. The zero-order chi connectivity index (χ0) is 11.2. The van der Waals surface area contributed by atoms with E-state index in [9.17, 15) is 0 Å². The van der Waals surface area contributed by atoms with Crippen molar-refractivity contribution >= 4 is 11.3 Å². The number of H-pyrrole nitrogens is 1. The summed E-state index contributed by atoms with van der Waals surface area (Å²) in [6.45, 7) is 4.14. The third kappa shape index (κ3) is 2.83. The minimum Gasteiger partial charge on any atom is -0.317 e. The predicted molar refractivity (Wildman–Crippen MR) is 62.2 cm³/mol. The Labute approximate surface area is 97.5 Å². The normalized spacial score (nSPS) is 10.8. The quantitative estimate of drug-likeness (QED) is 0.730. The second-order valence-electron chi connectivity index (χ2n) is 3.31. The zero-order valence-electron chi connectivity index (χ0n) is 9.10. The molecule has 0 radical (unpaired) electrons. The van der Waals surface area contributed by atoms with Gasteiger partial charge >= 0.3 is 0 Å². The smallest absolute Gasteiger partial charge is 0.169 e. The van der Waals surface area contributed by atoms with Crippen LogP contribution in [0.2, 0.25) is 0 Å². The lowest BCUT2D eigenvalue weighted by Gasteiger charge is -1.97. The van der Waals surface area contributed by atoms with Gasteiger partial charge in [-0.2, -0.15) is 15.4 Å². The molecule has 2 aromatic heterocycles. The summed E-state index contributed by atoms with van der Waals surface area (Å²) in [5, 5.41) is 23.7. The van der Waals surface area contributed by atoms with Crippen LogP contribution in [0.4, 0.5) is 0 Å². The number of hydrogen-bond donors (Lipinski definition) is 2. The second-order valence-corrected chi connectivity index (χ2v) is 4.38. The van der Waals surface area contributed by atoms with Crippen molar-refractivity contribution in [2.24, 2.45) is 0 Å². The van der Waals surface area contributed by atoms with E-state index in [4.69, 9.17) is 0 Å². The molecule has 0 aliphatic heterocycles. The third-order valence-electron chi connectivity index (χ3n) is 2.10. The zero-order valence-corrected chi connectivity index (χ0v) is 9.92. The Hall–Kier alpha value is -1.34. The van der Waals surface area contributed by atoms with Gasteiger partial charge in [0, 0.05) is 6.42 Å². The van der Waals surface area contributed by atoms with Crippen molar-refractivity contribution in [3.05, 3.63) is 11.2 Å². The van der Waals surface area contributed by atoms with E-state index in [-0.39, 0.29) is 0 Å². The van der Waals surface area contributed by atoms with Gasteiger partial charge < -0.3 is 5.32 Å². The molecule has 6 nitrogen and oxygen atoms in total. The van der Waals surface area contributed by atoms with E-state index in [1.165, 1.54) is 0 Å². The highest BCUT2D eigenvalue weighted by Crippen LogP contribution is 2.20. The molecule has 0 unspecified atom stereocenters. The molecule has 0 amide bonds. The first-order valence-electron chi connectivity index (χ1n) is 5.29. The van der Waals surface area contributed by atoms with Crippen LogP contribution in [0.25, 0.3) is 10.7 Å². The number of rotatable bonds is 6. The second kappa shape index (κ2) is 5.66. The van der Waals surface area contributed by atoms with Crippen LogP contribution in [0.1, 0.15) is 18.4 Å². The highest BCUT2D eigenvalue weighted by atomic mass is 32.1. The molecule has 2 N–H and O–H groups in total. The number of aromatic nitrogens is 5. The maximum Gasteiger partial charge on any atom is 0.169 e. The number of aromatic amines is 1. The van der Waals surface area contributed by atoms with Crippen LogP contribution < -0.4 is 5.32 Å². The third-order valence-corrected chi connectivity index (χ3v) is 3.10. The molecule has 0 spiro atoms. The summed E-state index contributed by atoms with van der Waals surface area (Å²) in [5.74, 6) is 0. The van der Waals surface area contributed by atoms with Gasteiger partial charge in [0.2, 0.25) is 0 Å². The molecule has 2 rings (SSSR count). The fourth-order valence-electron chi connectivity index (χ4n) is 1.30. The van der Waals surface area contributed by atoms with Gasteiger partial charge in [0.15, 0.2) is 5.01 Å². The molecule has 2 aromatic rings. The van der Waals surface area contributed by atoms with Gasteiger partial charge in [-0.25, -0.2) is 0 Å². The first kappa shape index (κ1) is 11.2. The molecular formula is C9H14N6S. The molecule has 0 aromatic carbocycles. The first-order valence-corrected chi connectivity index (χ1v) is 6.11. The Morgan fingerprint density at radius 2 is 2.38 bits per heavy atom. The minimum absolute atomic E-state index is 0.760. The summed E-state index contributed by atoms with van der Waals surface area (Å²) in [4.78, 5) is 0. The largest absolute Gasteiger partial charge is 0.317 e. The molecule has 0 aliphatic carbocycles. The molecule has 2 heterocycles. The summed E-state index contributed by atoms with van der Waals surface area (Å²) in [7, 11) is 0. The lowest BCUT2D eigenvalue weighted by molar-refractivity contribution is 0.669. The van der Waals surface area contributed by atoms with Gasteiger partial charge in [-0.1, -0.05) is 18.3 Å². The fraction of sp³-hybridized carbons (Fsp3) is 0.556. The highest BCUT2D eigenvalue weighted by Gasteiger charge is 2.08. The van der Waals surface area contributed by atoms with Gasteiger partial charge in [0.25, 0.3) is 0 Å². The van der Waals surface area contributed by atoms with Gasteiger partial charge in [-0.15, -0.1) is 10.2 Å².